The molecule has 0 aromatic carbocycles. The molecule has 0 radical (unpaired) electrons. The summed E-state index contributed by atoms with van der Waals surface area (Å²) < 4.78 is 3.01. The molecule has 7 nitrogen and oxygen atoms in total. The van der Waals surface area contributed by atoms with Crippen molar-refractivity contribution < 1.29 is 5.11 Å². The van der Waals surface area contributed by atoms with Gasteiger partial charge in [0.2, 0.25) is 0 Å². The minimum Gasteiger partial charge on any atom is -0.394 e. The van der Waals surface area contributed by atoms with Crippen molar-refractivity contribution >= 4 is 22.5 Å². The first-order valence-corrected chi connectivity index (χ1v) is 6.66. The van der Waals surface area contributed by atoms with Gasteiger partial charge in [-0.15, -0.1) is 0 Å². The molecule has 0 aliphatic rings. The van der Waals surface area contributed by atoms with Crippen molar-refractivity contribution in [3.63, 3.8) is 0 Å². The van der Waals surface area contributed by atoms with Crippen LogP contribution in [-0.4, -0.2) is 35.8 Å². The van der Waals surface area contributed by atoms with Crippen LogP contribution in [0.2, 0.25) is 5.15 Å². The first-order valence-electron chi connectivity index (χ1n) is 6.28. The zero-order chi connectivity index (χ0) is 15.0. The van der Waals surface area contributed by atoms with E-state index in [2.05, 4.69) is 15.0 Å². The van der Waals surface area contributed by atoms with Crippen LogP contribution in [0.5, 0.6) is 0 Å². The Kier molecular flexibility index (Phi) is 3.44. The number of fused-ring (bicyclic) bond motifs is 1. The van der Waals surface area contributed by atoms with Crippen molar-refractivity contribution in [2.75, 3.05) is 6.61 Å². The molecule has 3 aromatic rings. The number of aromatic nitrogens is 5. The van der Waals surface area contributed by atoms with Crippen LogP contribution in [0.4, 0.5) is 0 Å². The average Bonchev–Trinajstić information content (AvgIpc) is 3.01. The number of imidazole rings is 1. The Morgan fingerprint density at radius 3 is 2.90 bits per heavy atom. The highest BCUT2D eigenvalue weighted by Crippen LogP contribution is 2.20. The summed E-state index contributed by atoms with van der Waals surface area (Å²) in [5.74, 6) is 0.441. The van der Waals surface area contributed by atoms with Gasteiger partial charge in [-0.2, -0.15) is 0 Å². The summed E-state index contributed by atoms with van der Waals surface area (Å²) >= 11 is 6.01. The average molecular weight is 306 g/mol. The lowest BCUT2D eigenvalue weighted by Crippen LogP contribution is -2.26. The van der Waals surface area contributed by atoms with Crippen LogP contribution in [0.3, 0.4) is 0 Å². The van der Waals surface area contributed by atoms with Crippen molar-refractivity contribution in [3.05, 3.63) is 46.6 Å². The van der Waals surface area contributed by atoms with E-state index in [9.17, 15) is 9.90 Å². The number of hydrogen-bond acceptors (Lipinski definition) is 5. The predicted octanol–water partition coefficient (Wildman–Crippen LogP) is 1.18. The third kappa shape index (κ3) is 2.30. The molecule has 0 amide bonds. The van der Waals surface area contributed by atoms with Crippen LogP contribution in [-0.2, 0) is 0 Å². The molecule has 21 heavy (non-hydrogen) atoms. The summed E-state index contributed by atoms with van der Waals surface area (Å²) in [6, 6.07) is 1.12. The number of pyridine rings is 1. The van der Waals surface area contributed by atoms with Crippen molar-refractivity contribution in [2.24, 2.45) is 0 Å². The standard InChI is InChI=1S/C13H12ClN5O2/c1-8(5-20)19-7-16-11-9(13(19)21)4-10(14)17-12(11)18-3-2-15-6-18/h2-4,6-8,20H,5H2,1H3. The fourth-order valence-corrected chi connectivity index (χ4v) is 2.25. The van der Waals surface area contributed by atoms with Crippen molar-refractivity contribution in [1.29, 1.82) is 0 Å². The summed E-state index contributed by atoms with van der Waals surface area (Å²) in [7, 11) is 0. The molecule has 1 unspecified atom stereocenters. The summed E-state index contributed by atoms with van der Waals surface area (Å²) in [4.78, 5) is 25.0. The van der Waals surface area contributed by atoms with E-state index >= 15 is 0 Å². The number of halogens is 1. The van der Waals surface area contributed by atoms with Gasteiger partial charge >= 0.3 is 0 Å². The van der Waals surface area contributed by atoms with Gasteiger partial charge in [0, 0.05) is 12.4 Å². The van der Waals surface area contributed by atoms with Gasteiger partial charge in [-0.25, -0.2) is 15.0 Å². The van der Waals surface area contributed by atoms with E-state index in [0.717, 1.165) is 0 Å². The van der Waals surface area contributed by atoms with E-state index in [1.54, 1.807) is 30.2 Å². The fourth-order valence-electron chi connectivity index (χ4n) is 2.06. The van der Waals surface area contributed by atoms with Crippen LogP contribution in [0, 0.1) is 0 Å². The smallest absolute Gasteiger partial charge is 0.261 e. The Hall–Kier alpha value is -2.25. The Balaban J connectivity index is 2.34. The normalized spacial score (nSPS) is 12.7. The van der Waals surface area contributed by atoms with E-state index < -0.39 is 0 Å². The Morgan fingerprint density at radius 1 is 1.43 bits per heavy atom. The molecule has 0 fully saturated rings. The Morgan fingerprint density at radius 2 is 2.24 bits per heavy atom. The van der Waals surface area contributed by atoms with E-state index in [1.165, 1.54) is 17.0 Å². The first kappa shape index (κ1) is 13.7. The predicted molar refractivity (Wildman–Crippen MR) is 77.7 cm³/mol. The lowest BCUT2D eigenvalue weighted by molar-refractivity contribution is 0.236. The zero-order valence-electron chi connectivity index (χ0n) is 11.1. The molecule has 0 spiro atoms. The summed E-state index contributed by atoms with van der Waals surface area (Å²) in [6.07, 6.45) is 6.26. The van der Waals surface area contributed by atoms with Crippen LogP contribution >= 0.6 is 11.6 Å². The molecular weight excluding hydrogens is 294 g/mol. The lowest BCUT2D eigenvalue weighted by atomic mass is 10.2. The third-order valence-corrected chi connectivity index (χ3v) is 3.40. The quantitative estimate of drug-likeness (QED) is 0.734. The van der Waals surface area contributed by atoms with Gasteiger partial charge < -0.3 is 5.11 Å². The SMILES string of the molecule is CC(CO)n1cnc2c(-n3ccnc3)nc(Cl)cc2c1=O. The van der Waals surface area contributed by atoms with Gasteiger partial charge in [0.05, 0.1) is 24.4 Å². The largest absolute Gasteiger partial charge is 0.394 e. The van der Waals surface area contributed by atoms with Gasteiger partial charge in [0.15, 0.2) is 5.82 Å². The topological polar surface area (TPSA) is 85.8 Å². The van der Waals surface area contributed by atoms with E-state index in [-0.39, 0.29) is 23.4 Å². The maximum Gasteiger partial charge on any atom is 0.261 e. The Labute approximate surface area is 124 Å². The second kappa shape index (κ2) is 5.27. The van der Waals surface area contributed by atoms with Gasteiger partial charge in [-0.1, -0.05) is 11.6 Å². The zero-order valence-corrected chi connectivity index (χ0v) is 11.9. The molecule has 3 heterocycles. The molecule has 3 rings (SSSR count). The molecule has 0 bridgehead atoms. The van der Waals surface area contributed by atoms with Crippen LogP contribution in [0.25, 0.3) is 16.7 Å². The van der Waals surface area contributed by atoms with Crippen LogP contribution in [0.1, 0.15) is 13.0 Å². The number of rotatable bonds is 3. The molecule has 0 saturated carbocycles. The van der Waals surface area contributed by atoms with Gasteiger partial charge in [-0.05, 0) is 13.0 Å². The molecular formula is C13H12ClN5O2. The highest BCUT2D eigenvalue weighted by Gasteiger charge is 2.14. The van der Waals surface area contributed by atoms with Crippen molar-refractivity contribution in [2.45, 2.75) is 13.0 Å². The molecule has 0 aliphatic carbocycles. The van der Waals surface area contributed by atoms with Crippen LogP contribution < -0.4 is 5.56 Å². The van der Waals surface area contributed by atoms with Gasteiger partial charge in [0.1, 0.15) is 17.0 Å². The number of aliphatic hydroxyl groups excluding tert-OH is 1. The molecule has 108 valence electrons. The minimum atomic E-state index is -0.363. The highest BCUT2D eigenvalue weighted by atomic mass is 35.5. The van der Waals surface area contributed by atoms with Crippen molar-refractivity contribution in [3.8, 4) is 5.82 Å². The number of aliphatic hydroxyl groups is 1. The molecule has 1 atom stereocenters. The van der Waals surface area contributed by atoms with E-state index in [0.29, 0.717) is 16.7 Å². The Bertz CT molecular complexity index is 844. The maximum absolute atomic E-state index is 12.5. The molecule has 3 aromatic heterocycles. The number of hydrogen-bond donors (Lipinski definition) is 1. The summed E-state index contributed by atoms with van der Waals surface area (Å²) in [5, 5.41) is 9.75. The van der Waals surface area contributed by atoms with Crippen molar-refractivity contribution in [1.82, 2.24) is 24.1 Å². The monoisotopic (exact) mass is 305 g/mol. The van der Waals surface area contributed by atoms with E-state index in [1.807, 2.05) is 0 Å². The van der Waals surface area contributed by atoms with Gasteiger partial charge in [0.25, 0.3) is 5.56 Å². The summed E-state index contributed by atoms with van der Waals surface area (Å²) in [6.45, 7) is 1.58. The van der Waals surface area contributed by atoms with Gasteiger partial charge in [-0.3, -0.25) is 13.9 Å². The van der Waals surface area contributed by atoms with Crippen LogP contribution in [0.15, 0.2) is 35.9 Å². The van der Waals surface area contributed by atoms with E-state index in [4.69, 9.17) is 11.6 Å². The summed E-state index contributed by atoms with van der Waals surface area (Å²) in [5.41, 5.74) is 0.163. The maximum atomic E-state index is 12.5. The minimum absolute atomic E-state index is 0.152. The molecule has 1 N–H and O–H groups in total. The fraction of sp³-hybridized carbons (Fsp3) is 0.231. The molecule has 8 heteroatoms. The first-order chi connectivity index (χ1) is 10.1. The molecule has 0 aliphatic heterocycles. The lowest BCUT2D eigenvalue weighted by Gasteiger charge is -2.13. The number of nitrogens with zero attached hydrogens (tertiary/aromatic N) is 5. The highest BCUT2D eigenvalue weighted by molar-refractivity contribution is 6.30. The third-order valence-electron chi connectivity index (χ3n) is 3.21. The molecule has 0 saturated heterocycles. The second-order valence-electron chi connectivity index (χ2n) is 4.62. The second-order valence-corrected chi connectivity index (χ2v) is 5.01.